The van der Waals surface area contributed by atoms with E-state index in [1.165, 1.54) is 31.6 Å². The van der Waals surface area contributed by atoms with Crippen molar-refractivity contribution >= 4 is 26.7 Å². The van der Waals surface area contributed by atoms with Gasteiger partial charge in [0.2, 0.25) is 0 Å². The van der Waals surface area contributed by atoms with E-state index in [0.29, 0.717) is 22.7 Å². The van der Waals surface area contributed by atoms with Gasteiger partial charge in [-0.1, -0.05) is 29.8 Å². The van der Waals surface area contributed by atoms with Crippen molar-refractivity contribution in [2.45, 2.75) is 11.8 Å². The molecule has 9 heteroatoms. The third-order valence-electron chi connectivity index (χ3n) is 5.91. The van der Waals surface area contributed by atoms with Crippen molar-refractivity contribution < 1.29 is 21.9 Å². The summed E-state index contributed by atoms with van der Waals surface area (Å²) in [5.74, 6) is -1.95. The molecule has 0 aliphatic heterocycles. The molecular formula is C27H21F2N3O3S. The Kier molecular flexibility index (Phi) is 5.72. The van der Waals surface area contributed by atoms with Crippen molar-refractivity contribution in [2.75, 3.05) is 12.8 Å². The highest BCUT2D eigenvalue weighted by Gasteiger charge is 2.25. The zero-order chi connectivity index (χ0) is 25.6. The highest BCUT2D eigenvalue weighted by molar-refractivity contribution is 7.90. The largest absolute Gasteiger partial charge is 0.493 e. The van der Waals surface area contributed by atoms with Gasteiger partial charge < -0.3 is 10.5 Å². The van der Waals surface area contributed by atoms with Gasteiger partial charge in [-0.25, -0.2) is 26.2 Å². The van der Waals surface area contributed by atoms with Gasteiger partial charge in [-0.05, 0) is 48.9 Å². The molecule has 182 valence electrons. The summed E-state index contributed by atoms with van der Waals surface area (Å²) in [6.45, 7) is 1.85. The quantitative estimate of drug-likeness (QED) is 0.306. The van der Waals surface area contributed by atoms with Gasteiger partial charge in [0, 0.05) is 46.2 Å². The summed E-state index contributed by atoms with van der Waals surface area (Å²) in [5.41, 5.74) is 9.18. The second-order valence-electron chi connectivity index (χ2n) is 8.35. The molecule has 0 aliphatic rings. The first-order chi connectivity index (χ1) is 17.2. The van der Waals surface area contributed by atoms with E-state index in [2.05, 4.69) is 4.98 Å². The van der Waals surface area contributed by atoms with Gasteiger partial charge in [-0.3, -0.25) is 0 Å². The van der Waals surface area contributed by atoms with Gasteiger partial charge in [0.15, 0.2) is 17.2 Å². The van der Waals surface area contributed by atoms with Crippen LogP contribution in [0.2, 0.25) is 0 Å². The molecular weight excluding hydrogens is 484 g/mol. The minimum atomic E-state index is -4.09. The monoisotopic (exact) mass is 505 g/mol. The van der Waals surface area contributed by atoms with Crippen molar-refractivity contribution in [1.29, 1.82) is 0 Å². The molecule has 3 aromatic carbocycles. The number of benzene rings is 3. The number of anilines is 1. The number of nitrogens with zero attached hydrogens (tertiary/aromatic N) is 2. The van der Waals surface area contributed by atoms with E-state index in [9.17, 15) is 17.2 Å². The number of ether oxygens (including phenoxy) is 1. The summed E-state index contributed by atoms with van der Waals surface area (Å²) in [4.78, 5) is 4.51. The molecule has 0 unspecified atom stereocenters. The Labute approximate surface area is 206 Å². The maximum atomic E-state index is 14.6. The van der Waals surface area contributed by atoms with E-state index in [0.717, 1.165) is 21.2 Å². The lowest BCUT2D eigenvalue weighted by Crippen LogP contribution is -2.12. The molecule has 5 rings (SSSR count). The number of nitrogen functional groups attached to an aromatic ring is 1. The standard InChI is InChI=1S/C27H21F2N3O3S/c1-16-6-8-21(9-7-16)36(33,34)32-15-24(22-12-19(28)13-25(29)26(22)35-2)23-11-18(14-31-27(23)32)17-4-3-5-20(30)10-17/h3-15H,30H2,1-2H3. The minimum absolute atomic E-state index is 0.0515. The molecule has 5 aromatic rings. The fraction of sp³-hybridized carbons (Fsp3) is 0.0741. The Morgan fingerprint density at radius 3 is 2.39 bits per heavy atom. The molecule has 0 aliphatic carbocycles. The normalized spacial score (nSPS) is 11.7. The van der Waals surface area contributed by atoms with Crippen LogP contribution in [0.1, 0.15) is 5.56 Å². The van der Waals surface area contributed by atoms with Crippen LogP contribution in [0.25, 0.3) is 33.3 Å². The van der Waals surface area contributed by atoms with Crippen molar-refractivity contribution in [3.63, 3.8) is 0 Å². The van der Waals surface area contributed by atoms with E-state index < -0.39 is 21.7 Å². The molecule has 0 bridgehead atoms. The molecule has 0 amide bonds. The van der Waals surface area contributed by atoms with Crippen LogP contribution < -0.4 is 10.5 Å². The average molecular weight is 506 g/mol. The third-order valence-corrected chi connectivity index (χ3v) is 7.58. The van der Waals surface area contributed by atoms with Crippen molar-refractivity contribution in [3.8, 4) is 28.0 Å². The number of hydrogen-bond donors (Lipinski definition) is 1. The molecule has 6 nitrogen and oxygen atoms in total. The molecule has 0 saturated carbocycles. The van der Waals surface area contributed by atoms with Crippen LogP contribution in [0, 0.1) is 18.6 Å². The van der Waals surface area contributed by atoms with E-state index in [1.54, 1.807) is 36.4 Å². The minimum Gasteiger partial charge on any atom is -0.493 e. The van der Waals surface area contributed by atoms with Crippen LogP contribution in [0.5, 0.6) is 5.75 Å². The Morgan fingerprint density at radius 2 is 1.69 bits per heavy atom. The second-order valence-corrected chi connectivity index (χ2v) is 10.2. The number of aryl methyl sites for hydroxylation is 1. The molecule has 0 fully saturated rings. The molecule has 2 heterocycles. The van der Waals surface area contributed by atoms with Gasteiger partial charge in [0.05, 0.1) is 12.0 Å². The molecule has 0 saturated heterocycles. The van der Waals surface area contributed by atoms with Gasteiger partial charge in [0.25, 0.3) is 10.0 Å². The predicted octanol–water partition coefficient (Wildman–Crippen LogP) is 5.78. The van der Waals surface area contributed by atoms with Crippen LogP contribution in [0.3, 0.4) is 0 Å². The molecule has 0 spiro atoms. The van der Waals surface area contributed by atoms with E-state index in [-0.39, 0.29) is 27.4 Å². The first-order valence-corrected chi connectivity index (χ1v) is 12.4. The summed E-state index contributed by atoms with van der Waals surface area (Å²) in [5, 5.41) is 0.369. The zero-order valence-electron chi connectivity index (χ0n) is 19.4. The number of nitrogens with two attached hydrogens (primary N) is 1. The first-order valence-electron chi connectivity index (χ1n) is 10.9. The number of fused-ring (bicyclic) bond motifs is 1. The Balaban J connectivity index is 1.84. The summed E-state index contributed by atoms with van der Waals surface area (Å²) in [6, 6.07) is 17.0. The maximum Gasteiger partial charge on any atom is 0.269 e. The van der Waals surface area contributed by atoms with Crippen molar-refractivity contribution in [2.24, 2.45) is 0 Å². The molecule has 2 aromatic heterocycles. The topological polar surface area (TPSA) is 87.2 Å². The summed E-state index contributed by atoms with van der Waals surface area (Å²) in [6.07, 6.45) is 2.85. The van der Waals surface area contributed by atoms with Crippen molar-refractivity contribution in [1.82, 2.24) is 8.96 Å². The Morgan fingerprint density at radius 1 is 0.944 bits per heavy atom. The van der Waals surface area contributed by atoms with E-state index in [4.69, 9.17) is 10.5 Å². The van der Waals surface area contributed by atoms with Crippen LogP contribution in [0.15, 0.2) is 84.0 Å². The molecule has 0 atom stereocenters. The first kappa shape index (κ1) is 23.5. The fourth-order valence-electron chi connectivity index (χ4n) is 4.14. The Hall–Kier alpha value is -4.24. The fourth-order valence-corrected chi connectivity index (χ4v) is 5.47. The van der Waals surface area contributed by atoms with Gasteiger partial charge in [-0.2, -0.15) is 0 Å². The lowest BCUT2D eigenvalue weighted by atomic mass is 10.0. The highest BCUT2D eigenvalue weighted by atomic mass is 32.2. The van der Waals surface area contributed by atoms with Crippen LogP contribution in [-0.2, 0) is 10.0 Å². The average Bonchev–Trinajstić information content (AvgIpc) is 3.23. The maximum absolute atomic E-state index is 14.6. The highest BCUT2D eigenvalue weighted by Crippen LogP contribution is 2.40. The predicted molar refractivity (Wildman–Crippen MR) is 135 cm³/mol. The third kappa shape index (κ3) is 3.97. The van der Waals surface area contributed by atoms with Crippen LogP contribution in [0.4, 0.5) is 14.5 Å². The summed E-state index contributed by atoms with van der Waals surface area (Å²) < 4.78 is 62.4. The van der Waals surface area contributed by atoms with Crippen molar-refractivity contribution in [3.05, 3.63) is 96.3 Å². The molecule has 0 radical (unpaired) electrons. The molecule has 2 N–H and O–H groups in total. The zero-order valence-corrected chi connectivity index (χ0v) is 20.2. The summed E-state index contributed by atoms with van der Waals surface area (Å²) >= 11 is 0. The van der Waals surface area contributed by atoms with Crippen LogP contribution >= 0.6 is 0 Å². The van der Waals surface area contributed by atoms with Gasteiger partial charge >= 0.3 is 0 Å². The second kappa shape index (κ2) is 8.76. The van der Waals surface area contributed by atoms with Gasteiger partial charge in [-0.15, -0.1) is 0 Å². The number of pyridine rings is 1. The van der Waals surface area contributed by atoms with Crippen LogP contribution in [-0.4, -0.2) is 24.5 Å². The SMILES string of the molecule is COc1c(F)cc(F)cc1-c1cn(S(=O)(=O)c2ccc(C)cc2)c2ncc(-c3cccc(N)c3)cc12. The lowest BCUT2D eigenvalue weighted by Gasteiger charge is -2.09. The molecule has 36 heavy (non-hydrogen) atoms. The smallest absolute Gasteiger partial charge is 0.269 e. The number of hydrogen-bond acceptors (Lipinski definition) is 5. The number of rotatable bonds is 5. The number of methoxy groups -OCH3 is 1. The van der Waals surface area contributed by atoms with Gasteiger partial charge in [0.1, 0.15) is 5.82 Å². The number of halogens is 2. The Bertz CT molecular complexity index is 1730. The lowest BCUT2D eigenvalue weighted by molar-refractivity contribution is 0.386. The summed E-state index contributed by atoms with van der Waals surface area (Å²) in [7, 11) is -2.83. The van der Waals surface area contributed by atoms with E-state index in [1.807, 2.05) is 13.0 Å². The number of aromatic nitrogens is 2. The van der Waals surface area contributed by atoms with E-state index >= 15 is 0 Å².